The number of rotatable bonds is 4. The lowest BCUT2D eigenvalue weighted by Gasteiger charge is -2.12. The van der Waals surface area contributed by atoms with E-state index in [1.165, 1.54) is 3.97 Å². The van der Waals surface area contributed by atoms with E-state index in [0.717, 1.165) is 42.4 Å². The highest BCUT2D eigenvalue weighted by molar-refractivity contribution is 7.90. The highest BCUT2D eigenvalue weighted by Gasteiger charge is 2.32. The molecule has 0 spiro atoms. The Hall–Kier alpha value is -3.19. The fourth-order valence-corrected chi connectivity index (χ4v) is 6.37. The van der Waals surface area contributed by atoms with Crippen LogP contribution in [0, 0.1) is 13.8 Å². The Morgan fingerprint density at radius 3 is 2.25 bits per heavy atom. The summed E-state index contributed by atoms with van der Waals surface area (Å²) in [6, 6.07) is 16.4. The molecule has 0 atom stereocenters. The van der Waals surface area contributed by atoms with Crippen molar-refractivity contribution in [3.63, 3.8) is 0 Å². The molecule has 0 amide bonds. The van der Waals surface area contributed by atoms with Crippen molar-refractivity contribution in [1.82, 2.24) is 13.9 Å². The number of hydrogen-bond acceptors (Lipinski definition) is 5. The maximum absolute atomic E-state index is 13.8. The van der Waals surface area contributed by atoms with Crippen molar-refractivity contribution in [3.05, 3.63) is 71.4 Å². The maximum atomic E-state index is 13.8. The summed E-state index contributed by atoms with van der Waals surface area (Å²) in [5.41, 5.74) is 10.3. The van der Waals surface area contributed by atoms with Crippen LogP contribution in [0.2, 0.25) is 0 Å². The summed E-state index contributed by atoms with van der Waals surface area (Å²) in [6.45, 7) is 3.80. The van der Waals surface area contributed by atoms with Gasteiger partial charge < -0.3 is 5.73 Å². The van der Waals surface area contributed by atoms with Crippen molar-refractivity contribution in [1.29, 1.82) is 0 Å². The van der Waals surface area contributed by atoms with Crippen LogP contribution in [-0.4, -0.2) is 22.4 Å². The second-order valence-electron chi connectivity index (χ2n) is 8.56. The van der Waals surface area contributed by atoms with Gasteiger partial charge in [0.15, 0.2) is 11.5 Å². The van der Waals surface area contributed by atoms with Crippen LogP contribution >= 0.6 is 0 Å². The van der Waals surface area contributed by atoms with Gasteiger partial charge in [0.25, 0.3) is 10.0 Å². The third-order valence-corrected chi connectivity index (χ3v) is 8.22. The predicted octanol–water partition coefficient (Wildman–Crippen LogP) is 5.19. The van der Waals surface area contributed by atoms with E-state index >= 15 is 0 Å². The fourth-order valence-electron chi connectivity index (χ4n) is 4.86. The maximum Gasteiger partial charge on any atom is 0.269 e. The van der Waals surface area contributed by atoms with Gasteiger partial charge in [0, 0.05) is 11.3 Å². The molecule has 32 heavy (non-hydrogen) atoms. The van der Waals surface area contributed by atoms with E-state index in [0.29, 0.717) is 28.4 Å². The first-order valence-electron chi connectivity index (χ1n) is 10.9. The highest BCUT2D eigenvalue weighted by atomic mass is 32.2. The predicted molar refractivity (Wildman–Crippen MR) is 127 cm³/mol. The van der Waals surface area contributed by atoms with Crippen LogP contribution in [0.15, 0.2) is 59.5 Å². The summed E-state index contributed by atoms with van der Waals surface area (Å²) < 4.78 is 29.0. The largest absolute Gasteiger partial charge is 0.383 e. The number of benzene rings is 2. The average Bonchev–Trinajstić information content (AvgIpc) is 3.40. The summed E-state index contributed by atoms with van der Waals surface area (Å²) in [5, 5.41) is 0.671. The second-order valence-corrected chi connectivity index (χ2v) is 10.3. The minimum absolute atomic E-state index is 0.236. The van der Waals surface area contributed by atoms with Gasteiger partial charge >= 0.3 is 0 Å². The van der Waals surface area contributed by atoms with Crippen LogP contribution in [0.3, 0.4) is 0 Å². The second kappa shape index (κ2) is 7.74. The van der Waals surface area contributed by atoms with E-state index in [-0.39, 0.29) is 10.8 Å². The molecular formula is C25H26N4O2S. The van der Waals surface area contributed by atoms with Crippen LogP contribution in [0.4, 0.5) is 5.82 Å². The van der Waals surface area contributed by atoms with E-state index < -0.39 is 10.0 Å². The van der Waals surface area contributed by atoms with Crippen LogP contribution < -0.4 is 5.73 Å². The van der Waals surface area contributed by atoms with Crippen molar-refractivity contribution in [2.45, 2.75) is 50.3 Å². The van der Waals surface area contributed by atoms with Crippen molar-refractivity contribution in [2.75, 3.05) is 5.73 Å². The van der Waals surface area contributed by atoms with E-state index in [1.54, 1.807) is 12.1 Å². The molecule has 4 aromatic rings. The quantitative estimate of drug-likeness (QED) is 0.466. The van der Waals surface area contributed by atoms with Crippen molar-refractivity contribution < 1.29 is 8.42 Å². The lowest BCUT2D eigenvalue weighted by molar-refractivity contribution is 0.587. The van der Waals surface area contributed by atoms with Crippen LogP contribution in [-0.2, 0) is 10.0 Å². The van der Waals surface area contributed by atoms with Crippen LogP contribution in [0.1, 0.15) is 48.4 Å². The van der Waals surface area contributed by atoms with E-state index in [9.17, 15) is 8.42 Å². The molecule has 7 heteroatoms. The van der Waals surface area contributed by atoms with Crippen LogP contribution in [0.25, 0.3) is 22.4 Å². The molecule has 0 saturated heterocycles. The van der Waals surface area contributed by atoms with Gasteiger partial charge in [-0.1, -0.05) is 60.9 Å². The Bertz CT molecular complexity index is 1400. The van der Waals surface area contributed by atoms with Gasteiger partial charge in [0.05, 0.1) is 10.3 Å². The lowest BCUT2D eigenvalue weighted by atomic mass is 9.95. The number of aryl methyl sites for hydroxylation is 1. The zero-order valence-electron chi connectivity index (χ0n) is 18.2. The zero-order valence-corrected chi connectivity index (χ0v) is 19.1. The third-order valence-electron chi connectivity index (χ3n) is 6.43. The Kier molecular flexibility index (Phi) is 5.01. The molecule has 0 bridgehead atoms. The van der Waals surface area contributed by atoms with Gasteiger partial charge in [-0.25, -0.2) is 22.4 Å². The first-order valence-corrected chi connectivity index (χ1v) is 12.4. The number of fused-ring (bicyclic) bond motifs is 1. The molecule has 0 aliphatic heterocycles. The molecule has 2 heterocycles. The van der Waals surface area contributed by atoms with Gasteiger partial charge in [-0.3, -0.25) is 0 Å². The molecule has 0 unspecified atom stereocenters. The molecule has 5 rings (SSSR count). The Balaban J connectivity index is 1.84. The van der Waals surface area contributed by atoms with Gasteiger partial charge in [0.1, 0.15) is 5.82 Å². The lowest BCUT2D eigenvalue weighted by Crippen LogP contribution is -2.15. The monoisotopic (exact) mass is 446 g/mol. The molecule has 2 aromatic carbocycles. The molecule has 0 radical (unpaired) electrons. The van der Waals surface area contributed by atoms with Gasteiger partial charge in [-0.05, 0) is 50.3 Å². The average molecular weight is 447 g/mol. The zero-order chi connectivity index (χ0) is 22.5. The number of aromatic nitrogens is 3. The molecule has 1 aliphatic carbocycles. The summed E-state index contributed by atoms with van der Waals surface area (Å²) in [7, 11) is -3.87. The van der Waals surface area contributed by atoms with Gasteiger partial charge in [-0.2, -0.15) is 0 Å². The number of nitrogens with two attached hydrogens (primary N) is 1. The first kappa shape index (κ1) is 20.7. The summed E-state index contributed by atoms with van der Waals surface area (Å²) in [6.07, 6.45) is 4.30. The van der Waals surface area contributed by atoms with E-state index in [2.05, 4.69) is 4.98 Å². The first-order chi connectivity index (χ1) is 15.4. The third kappa shape index (κ3) is 3.28. The van der Waals surface area contributed by atoms with Crippen molar-refractivity contribution in [3.8, 4) is 11.4 Å². The molecule has 1 saturated carbocycles. The molecule has 1 fully saturated rings. The SMILES string of the molecule is Cc1ccc(S(=O)(=O)n2c(C)c(C3CCCC3)c3c(N)nc(-c4ccccc4)nc32)cc1. The van der Waals surface area contributed by atoms with Crippen molar-refractivity contribution >= 4 is 26.9 Å². The molecule has 2 N–H and O–H groups in total. The number of nitrogens with zero attached hydrogens (tertiary/aromatic N) is 3. The smallest absolute Gasteiger partial charge is 0.269 e. The summed E-state index contributed by atoms with van der Waals surface area (Å²) in [5.74, 6) is 1.02. The molecule has 164 valence electrons. The highest BCUT2D eigenvalue weighted by Crippen LogP contribution is 2.43. The Labute approximate surface area is 188 Å². The van der Waals surface area contributed by atoms with Gasteiger partial charge in [0.2, 0.25) is 0 Å². The Morgan fingerprint density at radius 2 is 1.59 bits per heavy atom. The fraction of sp³-hybridized carbons (Fsp3) is 0.280. The minimum Gasteiger partial charge on any atom is -0.383 e. The Morgan fingerprint density at radius 1 is 0.938 bits per heavy atom. The molecular weight excluding hydrogens is 420 g/mol. The van der Waals surface area contributed by atoms with Gasteiger partial charge in [-0.15, -0.1) is 0 Å². The normalized spacial score (nSPS) is 14.9. The number of anilines is 1. The standard InChI is InChI=1S/C25H26N4O2S/c1-16-12-14-20(15-13-16)32(30,31)29-17(2)21(18-8-6-7-9-18)22-23(26)27-24(28-25(22)29)19-10-4-3-5-11-19/h3-5,10-15,18H,6-9H2,1-2H3,(H2,26,27,28). The topological polar surface area (TPSA) is 90.9 Å². The van der Waals surface area contributed by atoms with E-state index in [4.69, 9.17) is 10.7 Å². The number of hydrogen-bond donors (Lipinski definition) is 1. The van der Waals surface area contributed by atoms with Crippen LogP contribution in [0.5, 0.6) is 0 Å². The molecule has 1 aliphatic rings. The summed E-state index contributed by atoms with van der Waals surface area (Å²) >= 11 is 0. The minimum atomic E-state index is -3.87. The van der Waals surface area contributed by atoms with E-state index in [1.807, 2.05) is 56.3 Å². The van der Waals surface area contributed by atoms with Crippen molar-refractivity contribution in [2.24, 2.45) is 0 Å². The summed E-state index contributed by atoms with van der Waals surface area (Å²) in [4.78, 5) is 9.58. The molecule has 6 nitrogen and oxygen atoms in total. The number of nitrogen functional groups attached to an aromatic ring is 1. The molecule has 2 aromatic heterocycles.